The smallest absolute Gasteiger partial charge is 0.326 e. The van der Waals surface area contributed by atoms with Gasteiger partial charge in [0, 0.05) is 6.42 Å². The van der Waals surface area contributed by atoms with Crippen LogP contribution in [0.2, 0.25) is 0 Å². The molecule has 1 atom stereocenters. The van der Waals surface area contributed by atoms with Crippen LogP contribution in [0.3, 0.4) is 0 Å². The standard InChI is InChI=1S/C17H24N2O4/c1-11(2)16(17(22)23)19-15(21)10-18-14(20)9-8-13-6-4-12(3)5-7-13/h4-7,11,16H,8-10H2,1-3H3,(H,18,20)(H,19,21)(H,22,23)/t16-/m0/s1. The van der Waals surface area contributed by atoms with E-state index in [0.29, 0.717) is 6.42 Å². The van der Waals surface area contributed by atoms with Crippen LogP contribution in [0.5, 0.6) is 0 Å². The molecule has 0 aromatic heterocycles. The Hall–Kier alpha value is -2.37. The molecule has 0 radical (unpaired) electrons. The van der Waals surface area contributed by atoms with Crippen LogP contribution in [-0.2, 0) is 20.8 Å². The fourth-order valence-corrected chi connectivity index (χ4v) is 2.02. The number of carbonyl (C=O) groups is 3. The molecule has 23 heavy (non-hydrogen) atoms. The van der Waals surface area contributed by atoms with E-state index in [1.165, 1.54) is 0 Å². The van der Waals surface area contributed by atoms with Crippen molar-refractivity contribution in [2.75, 3.05) is 6.54 Å². The summed E-state index contributed by atoms with van der Waals surface area (Å²) in [5, 5.41) is 13.9. The molecule has 1 aromatic carbocycles. The Kier molecular flexibility index (Phi) is 7.25. The number of rotatable bonds is 8. The van der Waals surface area contributed by atoms with E-state index < -0.39 is 17.9 Å². The molecule has 0 saturated carbocycles. The predicted molar refractivity (Wildman–Crippen MR) is 86.9 cm³/mol. The van der Waals surface area contributed by atoms with Gasteiger partial charge in [-0.15, -0.1) is 0 Å². The van der Waals surface area contributed by atoms with E-state index in [9.17, 15) is 14.4 Å². The molecule has 0 aliphatic carbocycles. The first-order chi connectivity index (χ1) is 10.8. The molecule has 126 valence electrons. The topological polar surface area (TPSA) is 95.5 Å². The van der Waals surface area contributed by atoms with Crippen LogP contribution in [-0.4, -0.2) is 35.5 Å². The quantitative estimate of drug-likeness (QED) is 0.672. The lowest BCUT2D eigenvalue weighted by Gasteiger charge is -2.17. The fraction of sp³-hybridized carbons (Fsp3) is 0.471. The SMILES string of the molecule is Cc1ccc(CCC(=O)NCC(=O)N[C@H](C(=O)O)C(C)C)cc1. The van der Waals surface area contributed by atoms with E-state index in [1.807, 2.05) is 31.2 Å². The summed E-state index contributed by atoms with van der Waals surface area (Å²) in [6.07, 6.45) is 0.875. The molecule has 0 spiro atoms. The first kappa shape index (κ1) is 18.7. The summed E-state index contributed by atoms with van der Waals surface area (Å²) in [4.78, 5) is 34.4. The second kappa shape index (κ2) is 8.92. The van der Waals surface area contributed by atoms with Crippen molar-refractivity contribution in [3.63, 3.8) is 0 Å². The number of carboxylic acids is 1. The highest BCUT2D eigenvalue weighted by Crippen LogP contribution is 2.05. The lowest BCUT2D eigenvalue weighted by atomic mass is 10.0. The normalized spacial score (nSPS) is 11.8. The molecule has 1 aromatic rings. The fourth-order valence-electron chi connectivity index (χ4n) is 2.02. The number of benzene rings is 1. The average Bonchev–Trinajstić information content (AvgIpc) is 2.49. The Labute approximate surface area is 136 Å². The summed E-state index contributed by atoms with van der Waals surface area (Å²) < 4.78 is 0. The highest BCUT2D eigenvalue weighted by Gasteiger charge is 2.23. The van der Waals surface area contributed by atoms with Gasteiger partial charge in [-0.05, 0) is 24.8 Å². The molecule has 0 aliphatic heterocycles. The van der Waals surface area contributed by atoms with Gasteiger partial charge in [0.15, 0.2) is 0 Å². The van der Waals surface area contributed by atoms with Crippen LogP contribution >= 0.6 is 0 Å². The summed E-state index contributed by atoms with van der Waals surface area (Å²) in [6, 6.07) is 6.95. The molecule has 0 bridgehead atoms. The predicted octanol–water partition coefficient (Wildman–Crippen LogP) is 1.27. The molecule has 0 unspecified atom stereocenters. The minimum atomic E-state index is -1.08. The van der Waals surface area contributed by atoms with Crippen LogP contribution in [0.25, 0.3) is 0 Å². The zero-order valence-corrected chi connectivity index (χ0v) is 13.8. The molecule has 6 nitrogen and oxygen atoms in total. The molecule has 2 amide bonds. The molecule has 0 fully saturated rings. The summed E-state index contributed by atoms with van der Waals surface area (Å²) in [5.41, 5.74) is 2.22. The van der Waals surface area contributed by atoms with Gasteiger partial charge in [-0.3, -0.25) is 9.59 Å². The largest absolute Gasteiger partial charge is 0.480 e. The van der Waals surface area contributed by atoms with Gasteiger partial charge < -0.3 is 15.7 Å². The number of nitrogens with one attached hydrogen (secondary N) is 2. The van der Waals surface area contributed by atoms with Gasteiger partial charge in [0.25, 0.3) is 0 Å². The van der Waals surface area contributed by atoms with E-state index in [2.05, 4.69) is 10.6 Å². The monoisotopic (exact) mass is 320 g/mol. The van der Waals surface area contributed by atoms with Gasteiger partial charge in [-0.2, -0.15) is 0 Å². The van der Waals surface area contributed by atoms with E-state index >= 15 is 0 Å². The second-order valence-corrected chi connectivity index (χ2v) is 5.89. The zero-order valence-electron chi connectivity index (χ0n) is 13.8. The molecule has 0 heterocycles. The van der Waals surface area contributed by atoms with Crippen LogP contribution in [0, 0.1) is 12.8 Å². The van der Waals surface area contributed by atoms with Crippen LogP contribution in [0.4, 0.5) is 0 Å². The number of hydrogen-bond acceptors (Lipinski definition) is 3. The Morgan fingerprint density at radius 1 is 1.09 bits per heavy atom. The highest BCUT2D eigenvalue weighted by molar-refractivity contribution is 5.88. The maximum Gasteiger partial charge on any atom is 0.326 e. The van der Waals surface area contributed by atoms with Gasteiger partial charge >= 0.3 is 5.97 Å². The van der Waals surface area contributed by atoms with Crippen molar-refractivity contribution >= 4 is 17.8 Å². The van der Waals surface area contributed by atoms with Gasteiger partial charge in [0.2, 0.25) is 11.8 Å². The Morgan fingerprint density at radius 3 is 2.22 bits per heavy atom. The minimum Gasteiger partial charge on any atom is -0.480 e. The molecular weight excluding hydrogens is 296 g/mol. The van der Waals surface area contributed by atoms with Crippen molar-refractivity contribution < 1.29 is 19.5 Å². The number of carbonyl (C=O) groups excluding carboxylic acids is 2. The third-order valence-electron chi connectivity index (χ3n) is 3.46. The van der Waals surface area contributed by atoms with Crippen molar-refractivity contribution in [2.45, 2.75) is 39.7 Å². The maximum atomic E-state index is 11.7. The molecule has 6 heteroatoms. The third kappa shape index (κ3) is 6.95. The minimum absolute atomic E-state index is 0.219. The van der Waals surface area contributed by atoms with Crippen molar-refractivity contribution in [3.05, 3.63) is 35.4 Å². The van der Waals surface area contributed by atoms with E-state index in [4.69, 9.17) is 5.11 Å². The van der Waals surface area contributed by atoms with Crippen molar-refractivity contribution in [1.82, 2.24) is 10.6 Å². The van der Waals surface area contributed by atoms with Gasteiger partial charge in [0.05, 0.1) is 6.54 Å². The molecular formula is C17H24N2O4. The van der Waals surface area contributed by atoms with E-state index in [-0.39, 0.29) is 24.8 Å². The summed E-state index contributed by atoms with van der Waals surface area (Å²) in [7, 11) is 0. The maximum absolute atomic E-state index is 11.7. The lowest BCUT2D eigenvalue weighted by Crippen LogP contribution is -2.48. The lowest BCUT2D eigenvalue weighted by molar-refractivity contribution is -0.143. The third-order valence-corrected chi connectivity index (χ3v) is 3.46. The summed E-state index contributed by atoms with van der Waals surface area (Å²) in [5.74, 6) is -2.06. The van der Waals surface area contributed by atoms with Crippen molar-refractivity contribution in [2.24, 2.45) is 5.92 Å². The van der Waals surface area contributed by atoms with Crippen LogP contribution < -0.4 is 10.6 Å². The molecule has 0 aliphatic rings. The summed E-state index contributed by atoms with van der Waals surface area (Å²) >= 11 is 0. The number of amides is 2. The van der Waals surface area contributed by atoms with Crippen molar-refractivity contribution in [3.8, 4) is 0 Å². The van der Waals surface area contributed by atoms with Gasteiger partial charge in [-0.25, -0.2) is 4.79 Å². The highest BCUT2D eigenvalue weighted by atomic mass is 16.4. The van der Waals surface area contributed by atoms with Crippen molar-refractivity contribution in [1.29, 1.82) is 0 Å². The average molecular weight is 320 g/mol. The number of aryl methyl sites for hydroxylation is 2. The molecule has 3 N–H and O–H groups in total. The molecule has 0 saturated heterocycles. The number of carboxylic acid groups (broad SMARTS) is 1. The van der Waals surface area contributed by atoms with Crippen LogP contribution in [0.15, 0.2) is 24.3 Å². The Balaban J connectivity index is 2.33. The first-order valence-electron chi connectivity index (χ1n) is 7.64. The Bertz CT molecular complexity index is 552. The Morgan fingerprint density at radius 2 is 1.70 bits per heavy atom. The van der Waals surface area contributed by atoms with E-state index in [0.717, 1.165) is 11.1 Å². The number of aliphatic carboxylic acids is 1. The number of hydrogen-bond donors (Lipinski definition) is 3. The van der Waals surface area contributed by atoms with Crippen LogP contribution in [0.1, 0.15) is 31.4 Å². The van der Waals surface area contributed by atoms with E-state index in [1.54, 1.807) is 13.8 Å². The summed E-state index contributed by atoms with van der Waals surface area (Å²) in [6.45, 7) is 5.19. The van der Waals surface area contributed by atoms with Gasteiger partial charge in [-0.1, -0.05) is 43.7 Å². The second-order valence-electron chi connectivity index (χ2n) is 5.89. The zero-order chi connectivity index (χ0) is 17.4. The first-order valence-corrected chi connectivity index (χ1v) is 7.64. The van der Waals surface area contributed by atoms with Gasteiger partial charge in [0.1, 0.15) is 6.04 Å². The molecule has 1 rings (SSSR count).